The van der Waals surface area contributed by atoms with E-state index >= 15 is 0 Å². The lowest BCUT2D eigenvalue weighted by molar-refractivity contribution is 0.0827. The SMILES string of the molecule is CCNC(=NCC(C)Oc1ccc(F)cc1)NCCc1cccc(C(=O)N(C)C)c1.I. The first-order chi connectivity index (χ1) is 14.4. The summed E-state index contributed by atoms with van der Waals surface area (Å²) in [6.45, 7) is 5.81. The monoisotopic (exact) mass is 542 g/mol. The highest BCUT2D eigenvalue weighted by Crippen LogP contribution is 2.13. The summed E-state index contributed by atoms with van der Waals surface area (Å²) in [5.41, 5.74) is 1.77. The zero-order chi connectivity index (χ0) is 21.9. The van der Waals surface area contributed by atoms with E-state index in [1.54, 1.807) is 31.1 Å². The highest BCUT2D eigenvalue weighted by molar-refractivity contribution is 14.0. The van der Waals surface area contributed by atoms with E-state index in [1.807, 2.05) is 38.1 Å². The molecule has 0 radical (unpaired) electrons. The summed E-state index contributed by atoms with van der Waals surface area (Å²) in [4.78, 5) is 18.2. The fourth-order valence-corrected chi connectivity index (χ4v) is 2.79. The van der Waals surface area contributed by atoms with Crippen LogP contribution in [0, 0.1) is 5.82 Å². The van der Waals surface area contributed by atoms with E-state index in [0.717, 1.165) is 18.5 Å². The number of nitrogens with zero attached hydrogens (tertiary/aromatic N) is 2. The van der Waals surface area contributed by atoms with Crippen molar-refractivity contribution in [2.75, 3.05) is 33.7 Å². The minimum absolute atomic E-state index is 0. The molecule has 0 aliphatic heterocycles. The maximum atomic E-state index is 13.0. The summed E-state index contributed by atoms with van der Waals surface area (Å²) in [6, 6.07) is 13.6. The number of nitrogens with one attached hydrogen (secondary N) is 2. The molecule has 1 amide bonds. The van der Waals surface area contributed by atoms with E-state index in [0.29, 0.717) is 30.4 Å². The van der Waals surface area contributed by atoms with Gasteiger partial charge < -0.3 is 20.3 Å². The van der Waals surface area contributed by atoms with E-state index in [2.05, 4.69) is 15.6 Å². The highest BCUT2D eigenvalue weighted by Gasteiger charge is 2.08. The van der Waals surface area contributed by atoms with Gasteiger partial charge in [-0.15, -0.1) is 24.0 Å². The largest absolute Gasteiger partial charge is 0.489 e. The van der Waals surface area contributed by atoms with E-state index in [9.17, 15) is 9.18 Å². The first-order valence-corrected chi connectivity index (χ1v) is 10.1. The molecule has 0 heterocycles. The third kappa shape index (κ3) is 9.54. The maximum absolute atomic E-state index is 13.0. The smallest absolute Gasteiger partial charge is 0.253 e. The van der Waals surface area contributed by atoms with Crippen LogP contribution in [0.4, 0.5) is 4.39 Å². The third-order valence-electron chi connectivity index (χ3n) is 4.29. The van der Waals surface area contributed by atoms with E-state index in [4.69, 9.17) is 4.74 Å². The Bertz CT molecular complexity index is 844. The average molecular weight is 542 g/mol. The first-order valence-electron chi connectivity index (χ1n) is 10.1. The second kappa shape index (κ2) is 13.8. The highest BCUT2D eigenvalue weighted by atomic mass is 127. The van der Waals surface area contributed by atoms with Gasteiger partial charge in [-0.05, 0) is 62.2 Å². The molecule has 31 heavy (non-hydrogen) atoms. The Morgan fingerprint density at radius 3 is 2.52 bits per heavy atom. The Morgan fingerprint density at radius 2 is 1.87 bits per heavy atom. The normalized spacial score (nSPS) is 11.8. The van der Waals surface area contributed by atoms with Crippen molar-refractivity contribution in [2.45, 2.75) is 26.4 Å². The molecule has 6 nitrogen and oxygen atoms in total. The standard InChI is InChI=1S/C23H31FN4O2.HI/c1-5-25-23(27-16-17(2)30-21-11-9-20(24)10-12-21)26-14-13-18-7-6-8-19(15-18)22(29)28(3)4;/h6-12,15,17H,5,13-14,16H2,1-4H3,(H2,25,26,27);1H. The van der Waals surface area contributed by atoms with Crippen LogP contribution in [-0.2, 0) is 6.42 Å². The zero-order valence-corrected chi connectivity index (χ0v) is 20.9. The summed E-state index contributed by atoms with van der Waals surface area (Å²) in [5.74, 6) is 1.02. The van der Waals surface area contributed by atoms with Gasteiger partial charge in [-0.2, -0.15) is 0 Å². The van der Waals surface area contributed by atoms with Crippen LogP contribution in [0.1, 0.15) is 29.8 Å². The summed E-state index contributed by atoms with van der Waals surface area (Å²) >= 11 is 0. The van der Waals surface area contributed by atoms with Crippen LogP contribution in [0.3, 0.4) is 0 Å². The van der Waals surface area contributed by atoms with E-state index in [1.165, 1.54) is 12.1 Å². The van der Waals surface area contributed by atoms with Crippen molar-refractivity contribution in [3.05, 3.63) is 65.5 Å². The van der Waals surface area contributed by atoms with Crippen LogP contribution < -0.4 is 15.4 Å². The second-order valence-corrected chi connectivity index (χ2v) is 7.18. The fourth-order valence-electron chi connectivity index (χ4n) is 2.79. The molecule has 2 N–H and O–H groups in total. The summed E-state index contributed by atoms with van der Waals surface area (Å²) < 4.78 is 18.7. The molecule has 2 aromatic rings. The molecule has 0 aromatic heterocycles. The van der Waals surface area contributed by atoms with Gasteiger partial charge in [0, 0.05) is 32.7 Å². The molecule has 0 saturated carbocycles. The van der Waals surface area contributed by atoms with Crippen molar-refractivity contribution in [1.29, 1.82) is 0 Å². The summed E-state index contributed by atoms with van der Waals surface area (Å²) in [7, 11) is 3.49. The number of halogens is 2. The molecule has 2 rings (SSSR count). The van der Waals surface area contributed by atoms with Crippen LogP contribution in [0.5, 0.6) is 5.75 Å². The molecular formula is C23H32FIN4O2. The lowest BCUT2D eigenvalue weighted by Crippen LogP contribution is -2.39. The van der Waals surface area contributed by atoms with Crippen molar-refractivity contribution < 1.29 is 13.9 Å². The van der Waals surface area contributed by atoms with Gasteiger partial charge in [-0.3, -0.25) is 4.79 Å². The lowest BCUT2D eigenvalue weighted by atomic mass is 10.1. The summed E-state index contributed by atoms with van der Waals surface area (Å²) in [5, 5.41) is 6.52. The second-order valence-electron chi connectivity index (χ2n) is 7.18. The topological polar surface area (TPSA) is 66.0 Å². The number of aliphatic imine (C=N–C) groups is 1. The Labute approximate surface area is 201 Å². The number of ether oxygens (including phenoxy) is 1. The molecule has 8 heteroatoms. The lowest BCUT2D eigenvalue weighted by Gasteiger charge is -2.15. The summed E-state index contributed by atoms with van der Waals surface area (Å²) in [6.07, 6.45) is 0.611. The van der Waals surface area contributed by atoms with Gasteiger partial charge in [0.2, 0.25) is 0 Å². The molecule has 0 saturated heterocycles. The Kier molecular flexibility index (Phi) is 11.9. The van der Waals surface area contributed by atoms with Gasteiger partial charge in [0.05, 0.1) is 6.54 Å². The fraction of sp³-hybridized carbons (Fsp3) is 0.391. The Balaban J connectivity index is 0.00000480. The van der Waals surface area contributed by atoms with Crippen LogP contribution >= 0.6 is 24.0 Å². The van der Waals surface area contributed by atoms with Gasteiger partial charge in [0.1, 0.15) is 17.7 Å². The molecule has 0 fully saturated rings. The zero-order valence-electron chi connectivity index (χ0n) is 18.5. The number of carbonyl (C=O) groups excluding carboxylic acids is 1. The number of guanidine groups is 1. The van der Waals surface area contributed by atoms with Crippen molar-refractivity contribution in [3.63, 3.8) is 0 Å². The predicted molar refractivity (Wildman–Crippen MR) is 134 cm³/mol. The molecule has 170 valence electrons. The van der Waals surface area contributed by atoms with Crippen molar-refractivity contribution in [3.8, 4) is 5.75 Å². The molecular weight excluding hydrogens is 510 g/mol. The minimum Gasteiger partial charge on any atom is -0.489 e. The molecule has 0 spiro atoms. The van der Waals surface area contributed by atoms with Crippen LogP contribution in [0.25, 0.3) is 0 Å². The Hall–Kier alpha value is -2.36. The molecule has 0 aliphatic rings. The number of rotatable bonds is 9. The molecule has 1 atom stereocenters. The third-order valence-corrected chi connectivity index (χ3v) is 4.29. The van der Waals surface area contributed by atoms with E-state index in [-0.39, 0.29) is 41.8 Å². The van der Waals surface area contributed by atoms with E-state index < -0.39 is 0 Å². The van der Waals surface area contributed by atoms with Crippen LogP contribution in [0.15, 0.2) is 53.5 Å². The Morgan fingerprint density at radius 1 is 1.16 bits per heavy atom. The van der Waals surface area contributed by atoms with Gasteiger partial charge in [0.25, 0.3) is 5.91 Å². The number of hydrogen-bond donors (Lipinski definition) is 2. The van der Waals surface area contributed by atoms with Crippen molar-refractivity contribution in [2.24, 2.45) is 4.99 Å². The predicted octanol–water partition coefficient (Wildman–Crippen LogP) is 3.71. The van der Waals surface area contributed by atoms with Gasteiger partial charge in [-0.25, -0.2) is 9.38 Å². The number of hydrogen-bond acceptors (Lipinski definition) is 3. The van der Waals surface area contributed by atoms with Gasteiger partial charge in [-0.1, -0.05) is 12.1 Å². The van der Waals surface area contributed by atoms with Crippen molar-refractivity contribution in [1.82, 2.24) is 15.5 Å². The maximum Gasteiger partial charge on any atom is 0.253 e. The molecule has 1 unspecified atom stereocenters. The number of carbonyl (C=O) groups is 1. The van der Waals surface area contributed by atoms with Gasteiger partial charge in [0.15, 0.2) is 5.96 Å². The molecule has 2 aromatic carbocycles. The quantitative estimate of drug-likeness (QED) is 0.288. The minimum atomic E-state index is -0.289. The average Bonchev–Trinajstić information content (AvgIpc) is 2.73. The van der Waals surface area contributed by atoms with Crippen molar-refractivity contribution >= 4 is 35.8 Å². The number of benzene rings is 2. The molecule has 0 aliphatic carbocycles. The number of amides is 1. The van der Waals surface area contributed by atoms with Crippen LogP contribution in [0.2, 0.25) is 0 Å². The first kappa shape index (κ1) is 26.7. The van der Waals surface area contributed by atoms with Gasteiger partial charge >= 0.3 is 0 Å². The molecule has 0 bridgehead atoms. The van der Waals surface area contributed by atoms with Crippen LogP contribution in [-0.4, -0.2) is 56.6 Å².